The third-order valence-electron chi connectivity index (χ3n) is 6.58. The van der Waals surface area contributed by atoms with Crippen LogP contribution in [0.4, 0.5) is 5.69 Å². The Morgan fingerprint density at radius 1 is 0.951 bits per heavy atom. The third kappa shape index (κ3) is 9.36. The zero-order valence-electron chi connectivity index (χ0n) is 23.2. The van der Waals surface area contributed by atoms with Crippen LogP contribution in [0.5, 0.6) is 0 Å². The maximum atomic E-state index is 14.1. The van der Waals surface area contributed by atoms with Crippen LogP contribution in [0.1, 0.15) is 36.5 Å². The second-order valence-electron chi connectivity index (χ2n) is 9.81. The number of rotatable bonds is 13. The minimum absolute atomic E-state index is 0.0419. The number of anilines is 1. The fraction of sp³-hybridized carbons (Fsp3) is 0.333. The van der Waals surface area contributed by atoms with Crippen molar-refractivity contribution in [3.05, 3.63) is 98.5 Å². The van der Waals surface area contributed by atoms with Gasteiger partial charge in [-0.15, -0.1) is 0 Å². The normalized spacial score (nSPS) is 12.0. The average molecular weight is 639 g/mol. The summed E-state index contributed by atoms with van der Waals surface area (Å²) in [4.78, 5) is 29.1. The Balaban J connectivity index is 2.07. The molecular formula is C30H34Cl3N3O4S. The number of nitrogens with zero attached hydrogens (tertiary/aromatic N) is 2. The van der Waals surface area contributed by atoms with Crippen molar-refractivity contribution < 1.29 is 18.0 Å². The lowest BCUT2D eigenvalue weighted by Crippen LogP contribution is -2.53. The Morgan fingerprint density at radius 3 is 2.27 bits per heavy atom. The number of carbonyl (C=O) groups excluding carboxylic acids is 2. The predicted molar refractivity (Wildman–Crippen MR) is 167 cm³/mol. The van der Waals surface area contributed by atoms with Crippen molar-refractivity contribution in [2.24, 2.45) is 0 Å². The Kier molecular flexibility index (Phi) is 11.9. The lowest BCUT2D eigenvalue weighted by atomic mass is 10.0. The van der Waals surface area contributed by atoms with Gasteiger partial charge in [0, 0.05) is 34.6 Å². The summed E-state index contributed by atoms with van der Waals surface area (Å²) in [5.41, 5.74) is 2.41. The molecule has 7 nitrogen and oxygen atoms in total. The number of amides is 2. The number of nitrogens with one attached hydrogen (secondary N) is 1. The van der Waals surface area contributed by atoms with Crippen molar-refractivity contribution in [3.63, 3.8) is 0 Å². The fourth-order valence-corrected chi connectivity index (χ4v) is 5.73. The van der Waals surface area contributed by atoms with Gasteiger partial charge in [0.05, 0.1) is 11.9 Å². The van der Waals surface area contributed by atoms with Gasteiger partial charge in [-0.1, -0.05) is 90.6 Å². The molecule has 0 aromatic heterocycles. The fourth-order valence-electron chi connectivity index (χ4n) is 4.24. The molecule has 0 saturated heterocycles. The zero-order valence-corrected chi connectivity index (χ0v) is 26.3. The molecule has 0 aliphatic rings. The van der Waals surface area contributed by atoms with Crippen molar-refractivity contribution in [1.29, 1.82) is 0 Å². The summed E-state index contributed by atoms with van der Waals surface area (Å²) in [6, 6.07) is 18.1. The highest BCUT2D eigenvalue weighted by atomic mass is 35.5. The van der Waals surface area contributed by atoms with Crippen LogP contribution in [0, 0.1) is 6.92 Å². The van der Waals surface area contributed by atoms with Crippen molar-refractivity contribution in [2.75, 3.05) is 23.7 Å². The van der Waals surface area contributed by atoms with Gasteiger partial charge in [-0.2, -0.15) is 0 Å². The van der Waals surface area contributed by atoms with Crippen molar-refractivity contribution in [3.8, 4) is 0 Å². The van der Waals surface area contributed by atoms with E-state index in [4.69, 9.17) is 34.8 Å². The second-order valence-corrected chi connectivity index (χ2v) is 13.0. The Hall–Kier alpha value is -2.78. The molecule has 0 heterocycles. The molecule has 0 bridgehead atoms. The van der Waals surface area contributed by atoms with E-state index < -0.39 is 28.5 Å². The third-order valence-corrected chi connectivity index (χ3v) is 8.71. The first-order valence-electron chi connectivity index (χ1n) is 13.2. The van der Waals surface area contributed by atoms with Crippen LogP contribution in [-0.4, -0.2) is 50.5 Å². The van der Waals surface area contributed by atoms with Crippen LogP contribution in [0.2, 0.25) is 15.1 Å². The SMILES string of the molecule is CCCCNC(=O)[C@H](Cc1ccccc1)N(Cc1ccc(Cl)cc1Cl)C(=O)CN(c1ccc(C)c(Cl)c1)S(C)(=O)=O. The van der Waals surface area contributed by atoms with Gasteiger partial charge in [0.2, 0.25) is 21.8 Å². The Labute approximate surface area is 257 Å². The molecule has 3 rings (SSSR count). The van der Waals surface area contributed by atoms with Gasteiger partial charge in [-0.25, -0.2) is 8.42 Å². The molecule has 41 heavy (non-hydrogen) atoms. The van der Waals surface area contributed by atoms with Gasteiger partial charge >= 0.3 is 0 Å². The van der Waals surface area contributed by atoms with E-state index in [1.807, 2.05) is 37.3 Å². The van der Waals surface area contributed by atoms with E-state index >= 15 is 0 Å². The van der Waals surface area contributed by atoms with Crippen molar-refractivity contribution in [2.45, 2.75) is 45.7 Å². The minimum atomic E-state index is -3.90. The topological polar surface area (TPSA) is 86.8 Å². The second kappa shape index (κ2) is 14.9. The molecule has 0 radical (unpaired) electrons. The van der Waals surface area contributed by atoms with Crippen LogP contribution in [0.25, 0.3) is 0 Å². The quantitative estimate of drug-likeness (QED) is 0.223. The summed E-state index contributed by atoms with van der Waals surface area (Å²) in [6.07, 6.45) is 2.89. The number of hydrogen-bond donors (Lipinski definition) is 1. The molecule has 1 N–H and O–H groups in total. The smallest absolute Gasteiger partial charge is 0.244 e. The molecule has 0 unspecified atom stereocenters. The minimum Gasteiger partial charge on any atom is -0.354 e. The van der Waals surface area contributed by atoms with Gasteiger partial charge in [0.1, 0.15) is 12.6 Å². The molecule has 0 spiro atoms. The van der Waals surface area contributed by atoms with Gasteiger partial charge in [-0.3, -0.25) is 13.9 Å². The van der Waals surface area contributed by atoms with E-state index in [2.05, 4.69) is 5.32 Å². The lowest BCUT2D eigenvalue weighted by Gasteiger charge is -2.33. The van der Waals surface area contributed by atoms with Gasteiger partial charge in [0.15, 0.2) is 0 Å². The summed E-state index contributed by atoms with van der Waals surface area (Å²) >= 11 is 18.9. The Morgan fingerprint density at radius 2 is 1.66 bits per heavy atom. The summed E-state index contributed by atoms with van der Waals surface area (Å²) in [7, 11) is -3.90. The highest BCUT2D eigenvalue weighted by molar-refractivity contribution is 7.92. The number of aryl methyl sites for hydroxylation is 1. The molecule has 1 atom stereocenters. The van der Waals surface area contributed by atoms with E-state index in [1.165, 1.54) is 11.0 Å². The first kappa shape index (κ1) is 32.7. The molecule has 3 aromatic rings. The summed E-state index contributed by atoms with van der Waals surface area (Å²) < 4.78 is 26.8. The maximum Gasteiger partial charge on any atom is 0.244 e. The van der Waals surface area contributed by atoms with Crippen LogP contribution in [-0.2, 0) is 32.6 Å². The number of hydrogen-bond acceptors (Lipinski definition) is 4. The van der Waals surface area contributed by atoms with E-state index in [-0.39, 0.29) is 24.6 Å². The number of unbranched alkanes of at least 4 members (excludes halogenated alkanes) is 1. The first-order valence-corrected chi connectivity index (χ1v) is 16.2. The molecule has 3 aromatic carbocycles. The summed E-state index contributed by atoms with van der Waals surface area (Å²) in [6.45, 7) is 3.67. The van der Waals surface area contributed by atoms with E-state index in [0.717, 1.165) is 34.5 Å². The number of carbonyl (C=O) groups is 2. The van der Waals surface area contributed by atoms with Gasteiger partial charge < -0.3 is 10.2 Å². The number of sulfonamides is 1. The number of halogens is 3. The molecule has 0 saturated carbocycles. The average Bonchev–Trinajstić information content (AvgIpc) is 2.92. The van der Waals surface area contributed by atoms with Crippen LogP contribution >= 0.6 is 34.8 Å². The monoisotopic (exact) mass is 637 g/mol. The van der Waals surface area contributed by atoms with Gasteiger partial charge in [0.25, 0.3) is 0 Å². The zero-order chi connectivity index (χ0) is 30.2. The molecule has 0 aliphatic carbocycles. The maximum absolute atomic E-state index is 14.1. The van der Waals surface area contributed by atoms with E-state index in [1.54, 1.807) is 37.3 Å². The molecule has 2 amide bonds. The summed E-state index contributed by atoms with van der Waals surface area (Å²) in [5, 5.41) is 4.06. The Bertz CT molecular complexity index is 1470. The molecular weight excluding hydrogens is 605 g/mol. The van der Waals surface area contributed by atoms with E-state index in [9.17, 15) is 18.0 Å². The predicted octanol–water partition coefficient (Wildman–Crippen LogP) is 6.28. The largest absolute Gasteiger partial charge is 0.354 e. The molecule has 0 fully saturated rings. The number of benzene rings is 3. The molecule has 220 valence electrons. The standard InChI is InChI=1S/C30H34Cl3N3O4S/c1-4-5-15-34-30(38)28(16-22-9-7-6-8-10-22)35(19-23-12-13-24(31)17-27(23)33)29(37)20-36(41(3,39)40)25-14-11-21(2)26(32)18-25/h6-14,17-18,28H,4-5,15-16,19-20H2,1-3H3,(H,34,38)/t28-/m0/s1. The van der Waals surface area contributed by atoms with Crippen molar-refractivity contribution in [1.82, 2.24) is 10.2 Å². The molecule has 0 aliphatic heterocycles. The van der Waals surface area contributed by atoms with Gasteiger partial charge in [-0.05, 0) is 54.3 Å². The lowest BCUT2D eigenvalue weighted by molar-refractivity contribution is -0.140. The van der Waals surface area contributed by atoms with Crippen LogP contribution in [0.15, 0.2) is 66.7 Å². The summed E-state index contributed by atoms with van der Waals surface area (Å²) in [5.74, 6) is -0.922. The highest BCUT2D eigenvalue weighted by Crippen LogP contribution is 2.27. The van der Waals surface area contributed by atoms with Crippen LogP contribution < -0.4 is 9.62 Å². The first-order chi connectivity index (χ1) is 19.4. The van der Waals surface area contributed by atoms with Crippen LogP contribution in [0.3, 0.4) is 0 Å². The molecule has 11 heteroatoms. The van der Waals surface area contributed by atoms with E-state index in [0.29, 0.717) is 27.2 Å². The highest BCUT2D eigenvalue weighted by Gasteiger charge is 2.33. The van der Waals surface area contributed by atoms with Crippen molar-refractivity contribution >= 4 is 62.3 Å².